The molecule has 0 saturated heterocycles. The molecule has 1 aliphatic carbocycles. The van der Waals surface area contributed by atoms with Crippen LogP contribution >= 0.6 is 11.6 Å². The largest absolute Gasteiger partial charge is 0.493 e. The number of halogens is 1. The molecule has 0 spiro atoms. The van der Waals surface area contributed by atoms with Crippen molar-refractivity contribution in [3.05, 3.63) is 22.5 Å². The summed E-state index contributed by atoms with van der Waals surface area (Å²) in [5, 5.41) is 0.708. The summed E-state index contributed by atoms with van der Waals surface area (Å²) in [6, 6.07) is 0. The average molecular weight is 198 g/mol. The summed E-state index contributed by atoms with van der Waals surface area (Å²) >= 11 is 6.11. The summed E-state index contributed by atoms with van der Waals surface area (Å²) in [6.07, 6.45) is 4.24. The lowest BCUT2D eigenvalue weighted by Gasteiger charge is -2.09. The Labute approximate surface area is 82.9 Å². The maximum Gasteiger partial charge on any atom is 0.159 e. The summed E-state index contributed by atoms with van der Waals surface area (Å²) in [5.74, 6) is 1.34. The van der Waals surface area contributed by atoms with Gasteiger partial charge in [0.15, 0.2) is 5.75 Å². The SMILES string of the molecule is COc1c(C2CC2)ncc(C)c1Cl. The zero-order valence-corrected chi connectivity index (χ0v) is 8.56. The topological polar surface area (TPSA) is 22.1 Å². The van der Waals surface area contributed by atoms with Crippen molar-refractivity contribution in [3.63, 3.8) is 0 Å². The number of pyridine rings is 1. The second kappa shape index (κ2) is 3.18. The van der Waals surface area contributed by atoms with E-state index in [-0.39, 0.29) is 0 Å². The Balaban J connectivity index is 2.49. The van der Waals surface area contributed by atoms with Gasteiger partial charge in [-0.05, 0) is 25.3 Å². The Morgan fingerprint density at radius 1 is 1.54 bits per heavy atom. The van der Waals surface area contributed by atoms with Crippen molar-refractivity contribution in [2.24, 2.45) is 0 Å². The molecule has 13 heavy (non-hydrogen) atoms. The summed E-state index contributed by atoms with van der Waals surface area (Å²) in [4.78, 5) is 4.36. The fourth-order valence-electron chi connectivity index (χ4n) is 1.41. The first-order chi connectivity index (χ1) is 6.24. The highest BCUT2D eigenvalue weighted by molar-refractivity contribution is 6.32. The zero-order chi connectivity index (χ0) is 9.42. The van der Waals surface area contributed by atoms with Gasteiger partial charge in [0.2, 0.25) is 0 Å². The van der Waals surface area contributed by atoms with Crippen LogP contribution in [0.4, 0.5) is 0 Å². The molecule has 1 aromatic rings. The van der Waals surface area contributed by atoms with Crippen LogP contribution in [0, 0.1) is 6.92 Å². The molecule has 1 aromatic heterocycles. The zero-order valence-electron chi connectivity index (χ0n) is 7.80. The highest BCUT2D eigenvalue weighted by Crippen LogP contribution is 2.45. The smallest absolute Gasteiger partial charge is 0.159 e. The number of rotatable bonds is 2. The Morgan fingerprint density at radius 2 is 2.23 bits per heavy atom. The van der Waals surface area contributed by atoms with Crippen LogP contribution < -0.4 is 4.74 Å². The van der Waals surface area contributed by atoms with Crippen molar-refractivity contribution in [2.75, 3.05) is 7.11 Å². The Morgan fingerprint density at radius 3 is 2.77 bits per heavy atom. The number of ether oxygens (including phenoxy) is 1. The average Bonchev–Trinajstić information content (AvgIpc) is 2.92. The van der Waals surface area contributed by atoms with Crippen molar-refractivity contribution < 1.29 is 4.74 Å². The molecule has 1 aliphatic rings. The predicted molar refractivity (Wildman–Crippen MR) is 52.5 cm³/mol. The van der Waals surface area contributed by atoms with E-state index < -0.39 is 0 Å². The van der Waals surface area contributed by atoms with E-state index in [1.165, 1.54) is 12.8 Å². The minimum atomic E-state index is 0.577. The van der Waals surface area contributed by atoms with Gasteiger partial charge in [-0.15, -0.1) is 0 Å². The summed E-state index contributed by atoms with van der Waals surface area (Å²) in [7, 11) is 1.65. The highest BCUT2D eigenvalue weighted by atomic mass is 35.5. The second-order valence-corrected chi connectivity index (χ2v) is 3.83. The molecule has 0 unspecified atom stereocenters. The van der Waals surface area contributed by atoms with E-state index in [0.29, 0.717) is 10.9 Å². The van der Waals surface area contributed by atoms with Crippen LogP contribution in [0.3, 0.4) is 0 Å². The molecule has 0 N–H and O–H groups in total. The number of aryl methyl sites for hydroxylation is 1. The van der Waals surface area contributed by atoms with Gasteiger partial charge in [-0.25, -0.2) is 0 Å². The third-order valence-corrected chi connectivity index (χ3v) is 2.81. The van der Waals surface area contributed by atoms with Crippen molar-refractivity contribution in [3.8, 4) is 5.75 Å². The molecule has 0 amide bonds. The first-order valence-electron chi connectivity index (χ1n) is 4.43. The second-order valence-electron chi connectivity index (χ2n) is 3.45. The lowest BCUT2D eigenvalue weighted by molar-refractivity contribution is 0.407. The van der Waals surface area contributed by atoms with Gasteiger partial charge in [-0.2, -0.15) is 0 Å². The van der Waals surface area contributed by atoms with E-state index >= 15 is 0 Å². The van der Waals surface area contributed by atoms with Crippen LogP contribution in [0.15, 0.2) is 6.20 Å². The molecule has 1 heterocycles. The van der Waals surface area contributed by atoms with Crippen molar-refractivity contribution in [2.45, 2.75) is 25.7 Å². The number of nitrogens with zero attached hydrogens (tertiary/aromatic N) is 1. The van der Waals surface area contributed by atoms with E-state index in [0.717, 1.165) is 17.0 Å². The first kappa shape index (κ1) is 8.82. The maximum atomic E-state index is 6.11. The van der Waals surface area contributed by atoms with Crippen molar-refractivity contribution >= 4 is 11.6 Å². The van der Waals surface area contributed by atoms with Gasteiger partial charge in [-0.1, -0.05) is 11.6 Å². The first-order valence-corrected chi connectivity index (χ1v) is 4.80. The molecule has 2 nitrogen and oxygen atoms in total. The van der Waals surface area contributed by atoms with Gasteiger partial charge in [-0.3, -0.25) is 4.98 Å². The molecule has 0 bridgehead atoms. The number of hydrogen-bond donors (Lipinski definition) is 0. The predicted octanol–water partition coefficient (Wildman–Crippen LogP) is 2.93. The van der Waals surface area contributed by atoms with E-state index in [1.54, 1.807) is 7.11 Å². The van der Waals surface area contributed by atoms with Crippen LogP contribution in [0.5, 0.6) is 5.75 Å². The van der Waals surface area contributed by atoms with Crippen LogP contribution in [0.2, 0.25) is 5.02 Å². The highest BCUT2D eigenvalue weighted by Gasteiger charge is 2.29. The Kier molecular flexibility index (Phi) is 2.16. The Bertz CT molecular complexity index is 334. The third kappa shape index (κ3) is 1.51. The lowest BCUT2D eigenvalue weighted by Crippen LogP contribution is -1.96. The summed E-state index contributed by atoms with van der Waals surface area (Å²) < 4.78 is 5.26. The van der Waals surface area contributed by atoms with E-state index in [1.807, 2.05) is 13.1 Å². The number of hydrogen-bond acceptors (Lipinski definition) is 2. The Hall–Kier alpha value is -0.760. The van der Waals surface area contributed by atoms with Gasteiger partial charge in [0.25, 0.3) is 0 Å². The van der Waals surface area contributed by atoms with E-state index in [9.17, 15) is 0 Å². The molecule has 0 aliphatic heterocycles. The maximum absolute atomic E-state index is 6.11. The minimum Gasteiger partial charge on any atom is -0.493 e. The van der Waals surface area contributed by atoms with E-state index in [2.05, 4.69) is 4.98 Å². The van der Waals surface area contributed by atoms with Crippen molar-refractivity contribution in [1.82, 2.24) is 4.98 Å². The van der Waals surface area contributed by atoms with Crippen LogP contribution in [0.1, 0.15) is 30.0 Å². The fourth-order valence-corrected chi connectivity index (χ4v) is 1.64. The standard InChI is InChI=1S/C10H12ClNO/c1-6-5-12-9(7-3-4-7)10(13-2)8(6)11/h5,7H,3-4H2,1-2H3. The quantitative estimate of drug-likeness (QED) is 0.728. The van der Waals surface area contributed by atoms with Crippen LogP contribution in [-0.4, -0.2) is 12.1 Å². The lowest BCUT2D eigenvalue weighted by atomic mass is 10.2. The molecule has 3 heteroatoms. The molecule has 2 rings (SSSR count). The van der Waals surface area contributed by atoms with Gasteiger partial charge in [0.05, 0.1) is 17.8 Å². The monoisotopic (exact) mass is 197 g/mol. The third-order valence-electron chi connectivity index (χ3n) is 2.34. The summed E-state index contributed by atoms with van der Waals surface area (Å²) in [5.41, 5.74) is 2.00. The van der Waals surface area contributed by atoms with Crippen molar-refractivity contribution in [1.29, 1.82) is 0 Å². The van der Waals surface area contributed by atoms with Gasteiger partial charge < -0.3 is 4.74 Å². The van der Waals surface area contributed by atoms with Gasteiger partial charge in [0.1, 0.15) is 0 Å². The molecule has 0 aromatic carbocycles. The van der Waals surface area contributed by atoms with Gasteiger partial charge in [0, 0.05) is 12.1 Å². The van der Waals surface area contributed by atoms with E-state index in [4.69, 9.17) is 16.3 Å². The molecule has 1 saturated carbocycles. The number of methoxy groups -OCH3 is 1. The molecule has 70 valence electrons. The molecule has 0 radical (unpaired) electrons. The van der Waals surface area contributed by atoms with Crippen LogP contribution in [0.25, 0.3) is 0 Å². The fraction of sp³-hybridized carbons (Fsp3) is 0.500. The van der Waals surface area contributed by atoms with Crippen LogP contribution in [-0.2, 0) is 0 Å². The molecule has 1 fully saturated rings. The number of aromatic nitrogens is 1. The molecular formula is C10H12ClNO. The normalized spacial score (nSPS) is 15.9. The summed E-state index contributed by atoms with van der Waals surface area (Å²) in [6.45, 7) is 1.94. The molecular weight excluding hydrogens is 186 g/mol. The minimum absolute atomic E-state index is 0.577. The van der Waals surface area contributed by atoms with Gasteiger partial charge >= 0.3 is 0 Å². The molecule has 0 atom stereocenters.